The van der Waals surface area contributed by atoms with Gasteiger partial charge in [-0.2, -0.15) is 0 Å². The van der Waals surface area contributed by atoms with Crippen molar-refractivity contribution >= 4 is 22.6 Å². The van der Waals surface area contributed by atoms with Crippen LogP contribution >= 0.6 is 0 Å². The first-order valence-electron chi connectivity index (χ1n) is 11.3. The van der Waals surface area contributed by atoms with Crippen molar-refractivity contribution in [2.75, 3.05) is 31.1 Å². The summed E-state index contributed by atoms with van der Waals surface area (Å²) in [6.07, 6.45) is 5.26. The first-order chi connectivity index (χ1) is 15.1. The van der Waals surface area contributed by atoms with Crippen LogP contribution < -0.4 is 4.90 Å². The number of aromatic nitrogens is 1. The van der Waals surface area contributed by atoms with Crippen molar-refractivity contribution in [2.45, 2.75) is 44.9 Å². The Morgan fingerprint density at radius 2 is 2.00 bits per heavy atom. The number of rotatable bonds is 5. The van der Waals surface area contributed by atoms with E-state index in [2.05, 4.69) is 28.3 Å². The minimum absolute atomic E-state index is 0.126. The van der Waals surface area contributed by atoms with Crippen LogP contribution in [0, 0.1) is 5.82 Å². The predicted octanol–water partition coefficient (Wildman–Crippen LogP) is 4.69. The maximum atomic E-state index is 13.4. The number of halogens is 1. The van der Waals surface area contributed by atoms with Crippen LogP contribution in [-0.2, 0) is 17.6 Å². The fourth-order valence-electron chi connectivity index (χ4n) is 5.10. The van der Waals surface area contributed by atoms with Gasteiger partial charge in [-0.05, 0) is 81.1 Å². The number of hydrogen-bond acceptors (Lipinski definition) is 4. The van der Waals surface area contributed by atoms with Gasteiger partial charge in [-0.3, -0.25) is 4.79 Å². The zero-order valence-corrected chi connectivity index (χ0v) is 17.9. The number of amides is 1. The highest BCUT2D eigenvalue weighted by atomic mass is 19.1. The molecule has 2 aliphatic rings. The van der Waals surface area contributed by atoms with E-state index in [0.29, 0.717) is 11.5 Å². The van der Waals surface area contributed by atoms with E-state index >= 15 is 0 Å². The Kier molecular flexibility index (Phi) is 5.48. The molecule has 2 aromatic carbocycles. The minimum atomic E-state index is -0.287. The molecule has 5 nitrogen and oxygen atoms in total. The number of benzene rings is 2. The molecule has 2 aliphatic heterocycles. The Balaban J connectivity index is 1.12. The summed E-state index contributed by atoms with van der Waals surface area (Å²) in [5.74, 6) is 0.217. The molecule has 0 N–H and O–H groups in total. The lowest BCUT2D eigenvalue weighted by Gasteiger charge is -2.31. The van der Waals surface area contributed by atoms with Crippen molar-refractivity contribution in [2.24, 2.45) is 0 Å². The molecule has 0 radical (unpaired) electrons. The van der Waals surface area contributed by atoms with E-state index in [9.17, 15) is 9.18 Å². The highest BCUT2D eigenvalue weighted by molar-refractivity contribution is 5.93. The number of fused-ring (bicyclic) bond motifs is 2. The van der Waals surface area contributed by atoms with Gasteiger partial charge in [0.15, 0.2) is 5.58 Å². The van der Waals surface area contributed by atoms with E-state index in [1.54, 1.807) is 13.0 Å². The summed E-state index contributed by atoms with van der Waals surface area (Å²) in [5, 5.41) is 5.19. The highest BCUT2D eigenvalue weighted by Gasteiger charge is 2.25. The quantitative estimate of drug-likeness (QED) is 0.600. The Morgan fingerprint density at radius 1 is 1.16 bits per heavy atom. The Hall–Kier alpha value is -2.73. The third-order valence-electron chi connectivity index (χ3n) is 6.80. The molecule has 0 atom stereocenters. The van der Waals surface area contributed by atoms with Crippen LogP contribution in [-0.4, -0.2) is 42.1 Å². The van der Waals surface area contributed by atoms with Gasteiger partial charge in [-0.25, -0.2) is 4.39 Å². The topological polar surface area (TPSA) is 49.6 Å². The summed E-state index contributed by atoms with van der Waals surface area (Å²) >= 11 is 0. The number of likely N-dealkylation sites (tertiary alicyclic amines) is 1. The van der Waals surface area contributed by atoms with Crippen LogP contribution in [0.1, 0.15) is 48.9 Å². The average Bonchev–Trinajstić information content (AvgIpc) is 3.38. The smallest absolute Gasteiger partial charge is 0.223 e. The van der Waals surface area contributed by atoms with Crippen molar-refractivity contribution in [1.29, 1.82) is 0 Å². The summed E-state index contributed by atoms with van der Waals surface area (Å²) < 4.78 is 18.7. The number of aryl methyl sites for hydroxylation is 1. The molecular formula is C25H28FN3O2. The molecule has 31 heavy (non-hydrogen) atoms. The number of carbonyl (C=O) groups excluding carboxylic acids is 1. The molecule has 3 heterocycles. The van der Waals surface area contributed by atoms with Crippen LogP contribution in [0.3, 0.4) is 0 Å². The van der Waals surface area contributed by atoms with Crippen molar-refractivity contribution < 1.29 is 13.7 Å². The largest absolute Gasteiger partial charge is 0.356 e. The van der Waals surface area contributed by atoms with Gasteiger partial charge in [0.2, 0.25) is 5.91 Å². The number of piperidine rings is 1. The highest BCUT2D eigenvalue weighted by Crippen LogP contribution is 2.33. The molecule has 0 aliphatic carbocycles. The lowest BCUT2D eigenvalue weighted by atomic mass is 9.91. The van der Waals surface area contributed by atoms with Gasteiger partial charge in [0.1, 0.15) is 5.82 Å². The maximum absolute atomic E-state index is 13.4. The molecule has 0 saturated carbocycles. The van der Waals surface area contributed by atoms with E-state index in [4.69, 9.17) is 4.52 Å². The summed E-state index contributed by atoms with van der Waals surface area (Å²) in [5.41, 5.74) is 5.26. The van der Waals surface area contributed by atoms with Crippen molar-refractivity contribution in [3.05, 3.63) is 59.0 Å². The monoisotopic (exact) mass is 421 g/mol. The number of nitrogens with zero attached hydrogens (tertiary/aromatic N) is 3. The van der Waals surface area contributed by atoms with E-state index in [0.717, 1.165) is 75.1 Å². The second-order valence-electron chi connectivity index (χ2n) is 8.81. The van der Waals surface area contributed by atoms with E-state index in [1.807, 2.05) is 4.90 Å². The second kappa shape index (κ2) is 8.42. The summed E-state index contributed by atoms with van der Waals surface area (Å²) in [6, 6.07) is 11.2. The third-order valence-corrected chi connectivity index (χ3v) is 6.80. The molecular weight excluding hydrogens is 393 g/mol. The lowest BCUT2D eigenvalue weighted by molar-refractivity contribution is -0.116. The Labute approximate surface area is 181 Å². The molecule has 162 valence electrons. The van der Waals surface area contributed by atoms with Gasteiger partial charge in [0.25, 0.3) is 0 Å². The number of carbonyl (C=O) groups is 1. The fourth-order valence-corrected chi connectivity index (χ4v) is 5.10. The van der Waals surface area contributed by atoms with Gasteiger partial charge in [0.05, 0.1) is 5.69 Å². The van der Waals surface area contributed by atoms with Gasteiger partial charge in [-0.1, -0.05) is 17.3 Å². The minimum Gasteiger partial charge on any atom is -0.356 e. The van der Waals surface area contributed by atoms with E-state index in [1.165, 1.54) is 23.3 Å². The normalized spacial score (nSPS) is 17.4. The first-order valence-corrected chi connectivity index (χ1v) is 11.3. The van der Waals surface area contributed by atoms with Gasteiger partial charge < -0.3 is 14.3 Å². The Morgan fingerprint density at radius 3 is 2.81 bits per heavy atom. The standard InChI is InChI=1S/C25H28FN3O2/c1-17(30)29-14-10-20-15-18(4-7-23(20)29)3-2-11-28-12-8-19(9-13-28)25-22-6-5-21(26)16-24(22)31-27-25/h4-7,15-16,19H,2-3,8-14H2,1H3. The van der Waals surface area contributed by atoms with E-state index in [-0.39, 0.29) is 11.7 Å². The van der Waals surface area contributed by atoms with Crippen LogP contribution in [0.15, 0.2) is 40.9 Å². The van der Waals surface area contributed by atoms with Crippen molar-refractivity contribution in [1.82, 2.24) is 10.1 Å². The van der Waals surface area contributed by atoms with Gasteiger partial charge in [-0.15, -0.1) is 0 Å². The molecule has 1 saturated heterocycles. The van der Waals surface area contributed by atoms with Crippen LogP contribution in [0.25, 0.3) is 11.0 Å². The van der Waals surface area contributed by atoms with Crippen molar-refractivity contribution in [3.63, 3.8) is 0 Å². The molecule has 1 fully saturated rings. The maximum Gasteiger partial charge on any atom is 0.223 e. The van der Waals surface area contributed by atoms with Crippen LogP contribution in [0.2, 0.25) is 0 Å². The Bertz CT molecular complexity index is 1100. The van der Waals surface area contributed by atoms with Crippen LogP contribution in [0.4, 0.5) is 10.1 Å². The first kappa shape index (κ1) is 20.2. The molecule has 1 aromatic heterocycles. The summed E-state index contributed by atoms with van der Waals surface area (Å²) in [6.45, 7) is 5.64. The average molecular weight is 422 g/mol. The van der Waals surface area contributed by atoms with Crippen LogP contribution in [0.5, 0.6) is 0 Å². The molecule has 0 bridgehead atoms. The zero-order valence-electron chi connectivity index (χ0n) is 17.9. The van der Waals surface area contributed by atoms with Gasteiger partial charge >= 0.3 is 0 Å². The molecule has 3 aromatic rings. The molecule has 5 rings (SSSR count). The zero-order chi connectivity index (χ0) is 21.4. The number of anilines is 1. The predicted molar refractivity (Wildman–Crippen MR) is 119 cm³/mol. The van der Waals surface area contributed by atoms with E-state index < -0.39 is 0 Å². The fraction of sp³-hybridized carbons (Fsp3) is 0.440. The lowest BCUT2D eigenvalue weighted by Crippen LogP contribution is -2.34. The summed E-state index contributed by atoms with van der Waals surface area (Å²) in [4.78, 5) is 16.1. The second-order valence-corrected chi connectivity index (χ2v) is 8.81. The SMILES string of the molecule is CC(=O)N1CCc2cc(CCCN3CCC(c4noc5cc(F)ccc45)CC3)ccc21. The summed E-state index contributed by atoms with van der Waals surface area (Å²) in [7, 11) is 0. The number of hydrogen-bond donors (Lipinski definition) is 0. The third kappa shape index (κ3) is 4.09. The van der Waals surface area contributed by atoms with Crippen molar-refractivity contribution in [3.8, 4) is 0 Å². The van der Waals surface area contributed by atoms with Gasteiger partial charge in [0, 0.05) is 36.5 Å². The molecule has 0 spiro atoms. The molecule has 0 unspecified atom stereocenters. The molecule has 1 amide bonds. The molecule has 6 heteroatoms.